The van der Waals surface area contributed by atoms with Crippen LogP contribution < -0.4 is 11.1 Å². The molecule has 0 amide bonds. The Bertz CT molecular complexity index is 144. The fourth-order valence-electron chi connectivity index (χ4n) is 2.83. The molecule has 3 N–H and O–H groups in total. The quantitative estimate of drug-likeness (QED) is 0.647. The third kappa shape index (κ3) is 2.44. The van der Waals surface area contributed by atoms with Gasteiger partial charge in [-0.3, -0.25) is 0 Å². The average molecular weight is 182 g/mol. The van der Waals surface area contributed by atoms with E-state index < -0.39 is 0 Å². The van der Waals surface area contributed by atoms with Crippen LogP contribution in [0.25, 0.3) is 0 Å². The summed E-state index contributed by atoms with van der Waals surface area (Å²) in [5.74, 6) is 0.931. The van der Waals surface area contributed by atoms with Crippen LogP contribution >= 0.6 is 0 Å². The average Bonchev–Trinajstić information content (AvgIpc) is 2.20. The molecule has 0 aromatic carbocycles. The first-order chi connectivity index (χ1) is 6.36. The number of hydrogen-bond acceptors (Lipinski definition) is 2. The predicted molar refractivity (Wildman–Crippen MR) is 55.6 cm³/mol. The molecule has 2 rings (SSSR count). The summed E-state index contributed by atoms with van der Waals surface area (Å²) >= 11 is 0. The summed E-state index contributed by atoms with van der Waals surface area (Å²) in [7, 11) is 0. The van der Waals surface area contributed by atoms with Crippen molar-refractivity contribution in [1.82, 2.24) is 5.32 Å². The highest BCUT2D eigenvalue weighted by Crippen LogP contribution is 2.29. The van der Waals surface area contributed by atoms with Gasteiger partial charge in [-0.25, -0.2) is 0 Å². The van der Waals surface area contributed by atoms with E-state index in [4.69, 9.17) is 5.73 Å². The van der Waals surface area contributed by atoms with E-state index in [-0.39, 0.29) is 0 Å². The lowest BCUT2D eigenvalue weighted by Gasteiger charge is -2.35. The van der Waals surface area contributed by atoms with Gasteiger partial charge in [0, 0.05) is 12.1 Å². The first kappa shape index (κ1) is 9.47. The molecule has 0 aromatic heterocycles. The Morgan fingerprint density at radius 1 is 0.923 bits per heavy atom. The highest BCUT2D eigenvalue weighted by Gasteiger charge is 2.26. The largest absolute Gasteiger partial charge is 0.328 e. The second-order valence-electron chi connectivity index (χ2n) is 4.73. The normalized spacial score (nSPS) is 41.8. The molecule has 13 heavy (non-hydrogen) atoms. The van der Waals surface area contributed by atoms with Crippen molar-refractivity contribution in [3.05, 3.63) is 0 Å². The highest BCUT2D eigenvalue weighted by molar-refractivity contribution is 4.84. The van der Waals surface area contributed by atoms with E-state index in [0.29, 0.717) is 6.04 Å². The van der Waals surface area contributed by atoms with Crippen LogP contribution in [0.2, 0.25) is 0 Å². The van der Waals surface area contributed by atoms with Crippen molar-refractivity contribution in [2.24, 2.45) is 11.7 Å². The smallest absolute Gasteiger partial charge is 0.00953 e. The molecular formula is C11H22N2. The molecular weight excluding hydrogens is 160 g/mol. The Morgan fingerprint density at radius 2 is 1.69 bits per heavy atom. The maximum absolute atomic E-state index is 5.91. The minimum atomic E-state index is 0.500. The molecule has 76 valence electrons. The van der Waals surface area contributed by atoms with Crippen LogP contribution in [0.15, 0.2) is 0 Å². The summed E-state index contributed by atoms with van der Waals surface area (Å²) in [5.41, 5.74) is 5.91. The molecule has 2 fully saturated rings. The van der Waals surface area contributed by atoms with Gasteiger partial charge in [0.2, 0.25) is 0 Å². The molecule has 0 radical (unpaired) electrons. The van der Waals surface area contributed by atoms with Gasteiger partial charge in [-0.2, -0.15) is 0 Å². The van der Waals surface area contributed by atoms with Crippen molar-refractivity contribution >= 4 is 0 Å². The molecule has 1 saturated carbocycles. The lowest BCUT2D eigenvalue weighted by atomic mass is 9.79. The molecule has 2 aliphatic rings. The Hall–Kier alpha value is -0.0800. The van der Waals surface area contributed by atoms with Gasteiger partial charge in [0.25, 0.3) is 0 Å². The monoisotopic (exact) mass is 182 g/mol. The van der Waals surface area contributed by atoms with E-state index in [1.165, 1.54) is 51.5 Å². The molecule has 2 heteroatoms. The van der Waals surface area contributed by atoms with Crippen LogP contribution in [-0.4, -0.2) is 18.6 Å². The van der Waals surface area contributed by atoms with Crippen LogP contribution in [0.5, 0.6) is 0 Å². The second kappa shape index (κ2) is 4.43. The summed E-state index contributed by atoms with van der Waals surface area (Å²) in [6.07, 6.45) is 9.44. The third-order valence-electron chi connectivity index (χ3n) is 3.73. The molecule has 0 bridgehead atoms. The Balaban J connectivity index is 1.79. The fourth-order valence-corrected chi connectivity index (χ4v) is 2.83. The van der Waals surface area contributed by atoms with E-state index in [1.807, 2.05) is 0 Å². The van der Waals surface area contributed by atoms with Gasteiger partial charge >= 0.3 is 0 Å². The summed E-state index contributed by atoms with van der Waals surface area (Å²) < 4.78 is 0. The van der Waals surface area contributed by atoms with Crippen molar-refractivity contribution in [2.45, 2.75) is 57.0 Å². The van der Waals surface area contributed by atoms with Gasteiger partial charge in [0.05, 0.1) is 0 Å². The first-order valence-corrected chi connectivity index (χ1v) is 5.85. The Kier molecular flexibility index (Phi) is 3.23. The molecule has 1 aliphatic heterocycles. The number of rotatable bonds is 1. The lowest BCUT2D eigenvalue weighted by molar-refractivity contribution is 0.223. The lowest BCUT2D eigenvalue weighted by Crippen LogP contribution is -2.42. The van der Waals surface area contributed by atoms with Crippen LogP contribution in [0.1, 0.15) is 44.9 Å². The van der Waals surface area contributed by atoms with E-state index in [0.717, 1.165) is 12.0 Å². The van der Waals surface area contributed by atoms with Gasteiger partial charge in [-0.15, -0.1) is 0 Å². The molecule has 2 nitrogen and oxygen atoms in total. The van der Waals surface area contributed by atoms with Crippen molar-refractivity contribution < 1.29 is 0 Å². The van der Waals surface area contributed by atoms with E-state index in [9.17, 15) is 0 Å². The highest BCUT2D eigenvalue weighted by atomic mass is 14.9. The van der Waals surface area contributed by atoms with E-state index in [2.05, 4.69) is 5.32 Å². The SMILES string of the molecule is NC1CCC(C2CCCCN2)CC1. The van der Waals surface area contributed by atoms with Gasteiger partial charge in [0.15, 0.2) is 0 Å². The second-order valence-corrected chi connectivity index (χ2v) is 4.73. The van der Waals surface area contributed by atoms with Crippen molar-refractivity contribution in [3.63, 3.8) is 0 Å². The van der Waals surface area contributed by atoms with Gasteiger partial charge in [-0.05, 0) is 51.0 Å². The topological polar surface area (TPSA) is 38.0 Å². The molecule has 1 aliphatic carbocycles. The zero-order chi connectivity index (χ0) is 9.10. The third-order valence-corrected chi connectivity index (χ3v) is 3.73. The predicted octanol–water partition coefficient (Wildman–Crippen LogP) is 1.65. The van der Waals surface area contributed by atoms with E-state index >= 15 is 0 Å². The first-order valence-electron chi connectivity index (χ1n) is 5.85. The van der Waals surface area contributed by atoms with Crippen LogP contribution in [0.3, 0.4) is 0 Å². The Labute approximate surface area is 81.3 Å². The van der Waals surface area contributed by atoms with Crippen molar-refractivity contribution in [2.75, 3.05) is 6.54 Å². The molecule has 1 heterocycles. The number of nitrogens with one attached hydrogen (secondary N) is 1. The minimum Gasteiger partial charge on any atom is -0.328 e. The molecule has 0 aromatic rings. The Morgan fingerprint density at radius 3 is 2.31 bits per heavy atom. The van der Waals surface area contributed by atoms with Crippen molar-refractivity contribution in [1.29, 1.82) is 0 Å². The summed E-state index contributed by atoms with van der Waals surface area (Å²) in [6, 6.07) is 1.32. The van der Waals surface area contributed by atoms with Gasteiger partial charge < -0.3 is 11.1 Å². The minimum absolute atomic E-state index is 0.500. The molecule has 0 spiro atoms. The molecule has 1 unspecified atom stereocenters. The maximum Gasteiger partial charge on any atom is 0.00953 e. The standard InChI is InChI=1S/C11H22N2/c12-10-6-4-9(5-7-10)11-3-1-2-8-13-11/h9-11,13H,1-8,12H2. The summed E-state index contributed by atoms with van der Waals surface area (Å²) in [5, 5.41) is 3.66. The van der Waals surface area contributed by atoms with Crippen LogP contribution in [0.4, 0.5) is 0 Å². The van der Waals surface area contributed by atoms with Crippen molar-refractivity contribution in [3.8, 4) is 0 Å². The fraction of sp³-hybridized carbons (Fsp3) is 1.00. The zero-order valence-corrected chi connectivity index (χ0v) is 8.47. The number of nitrogens with two attached hydrogens (primary N) is 1. The molecule has 1 saturated heterocycles. The van der Waals surface area contributed by atoms with Gasteiger partial charge in [0.1, 0.15) is 0 Å². The summed E-state index contributed by atoms with van der Waals surface area (Å²) in [4.78, 5) is 0. The molecule has 1 atom stereocenters. The summed E-state index contributed by atoms with van der Waals surface area (Å²) in [6.45, 7) is 1.24. The van der Waals surface area contributed by atoms with Crippen LogP contribution in [0, 0.1) is 5.92 Å². The van der Waals surface area contributed by atoms with Gasteiger partial charge in [-0.1, -0.05) is 6.42 Å². The maximum atomic E-state index is 5.91. The van der Waals surface area contributed by atoms with Crippen LogP contribution in [-0.2, 0) is 0 Å². The van der Waals surface area contributed by atoms with E-state index in [1.54, 1.807) is 0 Å². The zero-order valence-electron chi connectivity index (χ0n) is 8.47. The number of hydrogen-bond donors (Lipinski definition) is 2. The number of piperidine rings is 1.